The highest BCUT2D eigenvalue weighted by Crippen LogP contribution is 2.20. The molecule has 0 radical (unpaired) electrons. The molecule has 0 bridgehead atoms. The van der Waals surface area contributed by atoms with Crippen molar-refractivity contribution in [1.29, 1.82) is 0 Å². The number of benzene rings is 2. The van der Waals surface area contributed by atoms with Crippen molar-refractivity contribution in [1.82, 2.24) is 5.32 Å². The van der Waals surface area contributed by atoms with Crippen LogP contribution in [0.5, 0.6) is 5.75 Å². The molecule has 0 spiro atoms. The highest BCUT2D eigenvalue weighted by atomic mass is 16.5. The van der Waals surface area contributed by atoms with Crippen molar-refractivity contribution < 1.29 is 14.3 Å². The van der Waals surface area contributed by atoms with Crippen molar-refractivity contribution in [2.75, 3.05) is 13.2 Å². The van der Waals surface area contributed by atoms with Crippen LogP contribution in [0, 0.1) is 6.92 Å². The Morgan fingerprint density at radius 3 is 2.58 bits per heavy atom. The van der Waals surface area contributed by atoms with Gasteiger partial charge in [0.2, 0.25) is 0 Å². The van der Waals surface area contributed by atoms with Gasteiger partial charge in [-0.15, -0.1) is 0 Å². The molecular formula is C20H25NO3. The van der Waals surface area contributed by atoms with Crippen LogP contribution in [0.3, 0.4) is 0 Å². The van der Waals surface area contributed by atoms with Crippen LogP contribution >= 0.6 is 0 Å². The Hall–Kier alpha value is -2.33. The van der Waals surface area contributed by atoms with Gasteiger partial charge >= 0.3 is 5.97 Å². The number of esters is 1. The SMILES string of the molecule is CCOC(=O)CCNCc1ccc(OCc2ccccc2)c(C)c1. The van der Waals surface area contributed by atoms with Gasteiger partial charge in [-0.3, -0.25) is 4.79 Å². The first-order valence-electron chi connectivity index (χ1n) is 8.31. The van der Waals surface area contributed by atoms with Crippen LogP contribution in [0.2, 0.25) is 0 Å². The molecule has 0 aliphatic carbocycles. The number of rotatable bonds is 9. The van der Waals surface area contributed by atoms with E-state index in [1.807, 2.05) is 44.2 Å². The first-order chi connectivity index (χ1) is 11.7. The maximum Gasteiger partial charge on any atom is 0.307 e. The highest BCUT2D eigenvalue weighted by molar-refractivity contribution is 5.69. The van der Waals surface area contributed by atoms with Gasteiger partial charge in [-0.05, 0) is 36.6 Å². The fraction of sp³-hybridized carbons (Fsp3) is 0.350. The third kappa shape index (κ3) is 6.05. The van der Waals surface area contributed by atoms with E-state index in [2.05, 4.69) is 23.5 Å². The summed E-state index contributed by atoms with van der Waals surface area (Å²) in [7, 11) is 0. The molecule has 4 heteroatoms. The number of hydrogen-bond donors (Lipinski definition) is 1. The molecule has 0 aliphatic rings. The smallest absolute Gasteiger partial charge is 0.307 e. The van der Waals surface area contributed by atoms with Gasteiger partial charge in [0, 0.05) is 13.1 Å². The zero-order chi connectivity index (χ0) is 17.2. The summed E-state index contributed by atoms with van der Waals surface area (Å²) in [6, 6.07) is 16.3. The molecule has 0 saturated carbocycles. The van der Waals surface area contributed by atoms with E-state index in [0.29, 0.717) is 26.2 Å². The molecule has 1 N–H and O–H groups in total. The fourth-order valence-electron chi connectivity index (χ4n) is 2.38. The minimum Gasteiger partial charge on any atom is -0.489 e. The Morgan fingerprint density at radius 2 is 1.88 bits per heavy atom. The molecule has 0 atom stereocenters. The number of ether oxygens (including phenoxy) is 2. The molecule has 2 rings (SSSR count). The van der Waals surface area contributed by atoms with E-state index in [-0.39, 0.29) is 5.97 Å². The predicted octanol–water partition coefficient (Wildman–Crippen LogP) is 3.62. The first-order valence-corrected chi connectivity index (χ1v) is 8.31. The summed E-state index contributed by atoms with van der Waals surface area (Å²) in [5, 5.41) is 3.25. The van der Waals surface area contributed by atoms with Crippen molar-refractivity contribution in [2.24, 2.45) is 0 Å². The van der Waals surface area contributed by atoms with Crippen molar-refractivity contribution >= 4 is 5.97 Å². The van der Waals surface area contributed by atoms with Gasteiger partial charge in [-0.25, -0.2) is 0 Å². The number of nitrogens with one attached hydrogen (secondary N) is 1. The van der Waals surface area contributed by atoms with E-state index >= 15 is 0 Å². The van der Waals surface area contributed by atoms with Gasteiger partial charge < -0.3 is 14.8 Å². The molecule has 128 valence electrons. The lowest BCUT2D eigenvalue weighted by atomic mass is 10.1. The topological polar surface area (TPSA) is 47.6 Å². The standard InChI is InChI=1S/C20H25NO3/c1-3-23-20(22)11-12-21-14-18-9-10-19(16(2)13-18)24-15-17-7-5-4-6-8-17/h4-10,13,21H,3,11-12,14-15H2,1-2H3. The Morgan fingerprint density at radius 1 is 1.08 bits per heavy atom. The van der Waals surface area contributed by atoms with E-state index in [0.717, 1.165) is 23.4 Å². The van der Waals surface area contributed by atoms with Gasteiger partial charge in [0.05, 0.1) is 13.0 Å². The molecule has 0 aliphatic heterocycles. The van der Waals surface area contributed by atoms with E-state index in [1.165, 1.54) is 5.56 Å². The van der Waals surface area contributed by atoms with Crippen LogP contribution < -0.4 is 10.1 Å². The second kappa shape index (κ2) is 9.73. The average molecular weight is 327 g/mol. The molecule has 4 nitrogen and oxygen atoms in total. The quantitative estimate of drug-likeness (QED) is 0.564. The Kier molecular flexibility index (Phi) is 7.30. The zero-order valence-corrected chi connectivity index (χ0v) is 14.4. The van der Waals surface area contributed by atoms with Crippen LogP contribution in [0.4, 0.5) is 0 Å². The van der Waals surface area contributed by atoms with Crippen molar-refractivity contribution in [3.63, 3.8) is 0 Å². The van der Waals surface area contributed by atoms with Gasteiger partial charge in [-0.1, -0.05) is 42.5 Å². The van der Waals surface area contributed by atoms with E-state index < -0.39 is 0 Å². The van der Waals surface area contributed by atoms with Crippen molar-refractivity contribution in [3.8, 4) is 5.75 Å². The molecule has 24 heavy (non-hydrogen) atoms. The van der Waals surface area contributed by atoms with Crippen LogP contribution in [0.15, 0.2) is 48.5 Å². The Bertz CT molecular complexity index is 641. The third-order valence-electron chi connectivity index (χ3n) is 3.62. The minimum absolute atomic E-state index is 0.161. The lowest BCUT2D eigenvalue weighted by Crippen LogP contribution is -2.19. The van der Waals surface area contributed by atoms with Crippen LogP contribution in [0.25, 0.3) is 0 Å². The molecule has 0 fully saturated rings. The van der Waals surface area contributed by atoms with E-state index in [9.17, 15) is 4.79 Å². The lowest BCUT2D eigenvalue weighted by molar-refractivity contribution is -0.142. The maximum atomic E-state index is 11.3. The second-order valence-corrected chi connectivity index (χ2v) is 5.61. The average Bonchev–Trinajstić information content (AvgIpc) is 2.59. The Balaban J connectivity index is 1.78. The van der Waals surface area contributed by atoms with E-state index in [1.54, 1.807) is 0 Å². The lowest BCUT2D eigenvalue weighted by Gasteiger charge is -2.11. The maximum absolute atomic E-state index is 11.3. The minimum atomic E-state index is -0.161. The number of carbonyl (C=O) groups is 1. The first kappa shape index (κ1) is 18.0. The fourth-order valence-corrected chi connectivity index (χ4v) is 2.38. The second-order valence-electron chi connectivity index (χ2n) is 5.61. The largest absolute Gasteiger partial charge is 0.489 e. The molecule has 0 aromatic heterocycles. The van der Waals surface area contributed by atoms with Crippen LogP contribution in [-0.2, 0) is 22.7 Å². The predicted molar refractivity (Wildman–Crippen MR) is 94.9 cm³/mol. The summed E-state index contributed by atoms with van der Waals surface area (Å²) in [4.78, 5) is 11.3. The number of aryl methyl sites for hydroxylation is 1. The monoisotopic (exact) mass is 327 g/mol. The summed E-state index contributed by atoms with van der Waals surface area (Å²) >= 11 is 0. The van der Waals surface area contributed by atoms with Crippen molar-refractivity contribution in [2.45, 2.75) is 33.4 Å². The van der Waals surface area contributed by atoms with Crippen LogP contribution in [-0.4, -0.2) is 19.1 Å². The molecule has 0 amide bonds. The summed E-state index contributed by atoms with van der Waals surface area (Å²) in [6.07, 6.45) is 0.394. The van der Waals surface area contributed by atoms with Gasteiger partial charge in [0.1, 0.15) is 12.4 Å². The molecule has 2 aromatic rings. The summed E-state index contributed by atoms with van der Waals surface area (Å²) in [5.74, 6) is 0.736. The molecule has 0 heterocycles. The van der Waals surface area contributed by atoms with Gasteiger partial charge in [-0.2, -0.15) is 0 Å². The summed E-state index contributed by atoms with van der Waals surface area (Å²) < 4.78 is 10.8. The van der Waals surface area contributed by atoms with Gasteiger partial charge in [0.25, 0.3) is 0 Å². The van der Waals surface area contributed by atoms with Gasteiger partial charge in [0.15, 0.2) is 0 Å². The normalized spacial score (nSPS) is 10.4. The molecular weight excluding hydrogens is 302 g/mol. The van der Waals surface area contributed by atoms with E-state index in [4.69, 9.17) is 9.47 Å². The number of carbonyl (C=O) groups excluding carboxylic acids is 1. The molecule has 0 unspecified atom stereocenters. The molecule has 0 saturated heterocycles. The zero-order valence-electron chi connectivity index (χ0n) is 14.4. The number of hydrogen-bond acceptors (Lipinski definition) is 4. The van der Waals surface area contributed by atoms with Crippen LogP contribution in [0.1, 0.15) is 30.0 Å². The summed E-state index contributed by atoms with van der Waals surface area (Å²) in [6.45, 7) is 6.20. The third-order valence-corrected chi connectivity index (χ3v) is 3.62. The van der Waals surface area contributed by atoms with Crippen molar-refractivity contribution in [3.05, 3.63) is 65.2 Å². The molecule has 2 aromatic carbocycles. The Labute approximate surface area is 143 Å². The highest BCUT2D eigenvalue weighted by Gasteiger charge is 2.04. The summed E-state index contributed by atoms with van der Waals surface area (Å²) in [5.41, 5.74) is 3.43.